The molecule has 52 heavy (non-hydrogen) atoms. The maximum absolute atomic E-state index is 14.4. The van der Waals surface area contributed by atoms with E-state index in [1.807, 2.05) is 100 Å². The van der Waals surface area contributed by atoms with Crippen LogP contribution in [0.1, 0.15) is 109 Å². The third kappa shape index (κ3) is 10.1. The molecule has 0 saturated carbocycles. The van der Waals surface area contributed by atoms with Gasteiger partial charge in [0.1, 0.15) is 11.9 Å². The van der Waals surface area contributed by atoms with E-state index in [1.54, 1.807) is 0 Å². The van der Waals surface area contributed by atoms with Crippen molar-refractivity contribution in [2.45, 2.75) is 115 Å². The fourth-order valence-electron chi connectivity index (χ4n) is 7.68. The van der Waals surface area contributed by atoms with Crippen molar-refractivity contribution in [1.29, 1.82) is 0 Å². The lowest BCUT2D eigenvalue weighted by Gasteiger charge is -2.50. The molecule has 7 heteroatoms. The monoisotopic (exact) mass is 721 g/mol. The van der Waals surface area contributed by atoms with E-state index in [2.05, 4.69) is 61.5 Å². The molecule has 2 unspecified atom stereocenters. The summed E-state index contributed by atoms with van der Waals surface area (Å²) in [5.74, 6) is 1.10. The van der Waals surface area contributed by atoms with Crippen molar-refractivity contribution >= 4 is 23.9 Å². The first-order valence-electron chi connectivity index (χ1n) is 18.8. The average molecular weight is 722 g/mol. The molecule has 0 radical (unpaired) electrons. The van der Waals surface area contributed by atoms with Crippen LogP contribution >= 0.6 is 7.37 Å². The van der Waals surface area contributed by atoms with Gasteiger partial charge in [-0.05, 0) is 119 Å². The molecular weight excluding hydrogens is 665 g/mol. The van der Waals surface area contributed by atoms with Crippen molar-refractivity contribution in [3.8, 4) is 5.75 Å². The highest BCUT2D eigenvalue weighted by atomic mass is 31.2. The summed E-state index contributed by atoms with van der Waals surface area (Å²) in [6.07, 6.45) is 10.3. The molecular formula is C45H56NO5P. The summed E-state index contributed by atoms with van der Waals surface area (Å²) in [4.78, 5) is 12.7. The largest absolute Gasteiger partial charge is 0.462 e. The Morgan fingerprint density at radius 3 is 1.85 bits per heavy atom. The number of benzene rings is 4. The molecule has 6 nitrogen and oxygen atoms in total. The molecule has 5 rings (SSSR count). The summed E-state index contributed by atoms with van der Waals surface area (Å²) < 4.78 is 26.7. The first kappa shape index (κ1) is 39.3. The van der Waals surface area contributed by atoms with Gasteiger partial charge in [0.15, 0.2) is 0 Å². The number of rotatable bonds is 16. The Hall–Kier alpha value is -3.96. The highest BCUT2D eigenvalue weighted by Crippen LogP contribution is 2.45. The summed E-state index contributed by atoms with van der Waals surface area (Å²) in [5, 5.41) is 13.3. The number of hydroxylamine groups is 2. The Labute approximate surface area is 311 Å². The van der Waals surface area contributed by atoms with Crippen molar-refractivity contribution < 1.29 is 23.8 Å². The van der Waals surface area contributed by atoms with Gasteiger partial charge >= 0.3 is 13.3 Å². The molecule has 1 N–H and O–H groups in total. The number of ether oxygens (including phenoxy) is 1. The molecule has 1 aliphatic rings. The van der Waals surface area contributed by atoms with Gasteiger partial charge in [0.25, 0.3) is 0 Å². The predicted molar refractivity (Wildman–Crippen MR) is 212 cm³/mol. The molecule has 2 atom stereocenters. The maximum atomic E-state index is 14.4. The van der Waals surface area contributed by atoms with Crippen molar-refractivity contribution in [3.63, 3.8) is 0 Å². The van der Waals surface area contributed by atoms with Crippen LogP contribution in [0, 0.1) is 0 Å². The van der Waals surface area contributed by atoms with Crippen LogP contribution in [0.3, 0.4) is 0 Å². The molecule has 1 saturated heterocycles. The van der Waals surface area contributed by atoms with E-state index in [4.69, 9.17) is 9.26 Å². The second-order valence-corrected chi connectivity index (χ2v) is 17.7. The second-order valence-electron chi connectivity index (χ2n) is 15.4. The average Bonchev–Trinajstić information content (AvgIpc) is 3.14. The van der Waals surface area contributed by atoms with E-state index in [1.165, 1.54) is 16.2 Å². The fourth-order valence-corrected chi connectivity index (χ4v) is 9.73. The van der Waals surface area contributed by atoms with Gasteiger partial charge in [0.05, 0.1) is 10.6 Å². The zero-order chi connectivity index (χ0) is 37.2. The third-order valence-electron chi connectivity index (χ3n) is 10.3. The Balaban J connectivity index is 1.18. The SMILES string of the molecule is CCC(CC(C/C=C/CCCC(=O)OC1CC(C)(C)N(O)C(C)(C)C1)c1ccccc1)c1ccc(OP(=O)(c2ccccc2)c2ccccc2)cc1. The lowest BCUT2D eigenvalue weighted by molar-refractivity contribution is -0.259. The van der Waals surface area contributed by atoms with E-state index < -0.39 is 18.4 Å². The standard InChI is InChI=1S/C45H56NO5P/c1-6-35(37-28-30-39(31-29-37)51-52(49,41-23-15-10-16-24-41)42-25-17-11-18-26-42)32-38(36-20-13-9-14-21-36)22-12-7-8-19-27-43(47)50-40-33-44(2,3)46(48)45(4,5)34-40/h7,9-18,20-21,23-26,28-31,35,38,40,48H,6,8,19,22,27,32-34H2,1-5H3/b12-7+. The quantitative estimate of drug-likeness (QED) is 0.0537. The zero-order valence-electron chi connectivity index (χ0n) is 31.5. The predicted octanol–water partition coefficient (Wildman–Crippen LogP) is 10.7. The lowest BCUT2D eigenvalue weighted by atomic mass is 9.80. The molecule has 0 aliphatic carbocycles. The molecule has 0 spiro atoms. The Morgan fingerprint density at radius 2 is 1.31 bits per heavy atom. The first-order valence-corrected chi connectivity index (χ1v) is 20.4. The van der Waals surface area contributed by atoms with Crippen molar-refractivity contribution in [3.05, 3.63) is 139 Å². The molecule has 0 bridgehead atoms. The highest BCUT2D eigenvalue weighted by Gasteiger charge is 2.46. The number of carbonyl (C=O) groups is 1. The Morgan fingerprint density at radius 1 is 0.788 bits per heavy atom. The van der Waals surface area contributed by atoms with Crippen LogP contribution in [0.2, 0.25) is 0 Å². The molecule has 0 amide bonds. The van der Waals surface area contributed by atoms with Gasteiger partial charge < -0.3 is 14.5 Å². The normalized spacial score (nSPS) is 17.4. The van der Waals surface area contributed by atoms with Gasteiger partial charge in [-0.15, -0.1) is 0 Å². The second kappa shape index (κ2) is 17.7. The van der Waals surface area contributed by atoms with Crippen LogP contribution in [0.15, 0.2) is 127 Å². The van der Waals surface area contributed by atoms with Gasteiger partial charge in [-0.2, -0.15) is 5.06 Å². The maximum Gasteiger partial charge on any atom is 0.306 e. The molecule has 1 aliphatic heterocycles. The van der Waals surface area contributed by atoms with Gasteiger partial charge in [0, 0.05) is 30.3 Å². The molecule has 1 heterocycles. The lowest BCUT2D eigenvalue weighted by Crippen LogP contribution is -2.60. The van der Waals surface area contributed by atoms with Crippen LogP contribution in [-0.4, -0.2) is 33.4 Å². The summed E-state index contributed by atoms with van der Waals surface area (Å²) in [6, 6.07) is 37.7. The van der Waals surface area contributed by atoms with E-state index in [-0.39, 0.29) is 12.1 Å². The summed E-state index contributed by atoms with van der Waals surface area (Å²) in [5.41, 5.74) is 1.66. The number of piperidine rings is 1. The zero-order valence-corrected chi connectivity index (χ0v) is 32.4. The number of hydrogen-bond donors (Lipinski definition) is 1. The third-order valence-corrected chi connectivity index (χ3v) is 12.8. The topological polar surface area (TPSA) is 76.1 Å². The number of hydrogen-bond acceptors (Lipinski definition) is 6. The van der Waals surface area contributed by atoms with Crippen LogP contribution in [0.4, 0.5) is 0 Å². The van der Waals surface area contributed by atoms with Crippen molar-refractivity contribution in [2.75, 3.05) is 0 Å². The van der Waals surface area contributed by atoms with E-state index in [0.29, 0.717) is 47.5 Å². The first-order chi connectivity index (χ1) is 24.9. The fraction of sp³-hybridized carbons (Fsp3) is 0.400. The van der Waals surface area contributed by atoms with Crippen LogP contribution in [0.5, 0.6) is 5.75 Å². The number of allylic oxidation sites excluding steroid dienone is 2. The number of nitrogens with zero attached hydrogens (tertiary/aromatic N) is 1. The highest BCUT2D eigenvalue weighted by molar-refractivity contribution is 7.74. The number of carbonyl (C=O) groups excluding carboxylic acids is 1. The van der Waals surface area contributed by atoms with Crippen LogP contribution < -0.4 is 15.1 Å². The van der Waals surface area contributed by atoms with Crippen LogP contribution in [-0.2, 0) is 14.1 Å². The van der Waals surface area contributed by atoms with Gasteiger partial charge in [0.2, 0.25) is 0 Å². The van der Waals surface area contributed by atoms with Crippen molar-refractivity contribution in [2.24, 2.45) is 0 Å². The smallest absolute Gasteiger partial charge is 0.306 e. The summed E-state index contributed by atoms with van der Waals surface area (Å²) in [6.45, 7) is 10.2. The summed E-state index contributed by atoms with van der Waals surface area (Å²) in [7, 11) is -3.34. The molecule has 4 aromatic carbocycles. The molecule has 0 aromatic heterocycles. The van der Waals surface area contributed by atoms with Gasteiger partial charge in [-0.25, -0.2) is 0 Å². The summed E-state index contributed by atoms with van der Waals surface area (Å²) >= 11 is 0. The number of esters is 1. The minimum absolute atomic E-state index is 0.163. The molecule has 4 aromatic rings. The minimum atomic E-state index is -3.34. The molecule has 1 fully saturated rings. The van der Waals surface area contributed by atoms with E-state index in [9.17, 15) is 14.6 Å². The van der Waals surface area contributed by atoms with Crippen LogP contribution in [0.25, 0.3) is 0 Å². The Kier molecular flexibility index (Phi) is 13.4. The van der Waals surface area contributed by atoms with E-state index in [0.717, 1.165) is 32.1 Å². The van der Waals surface area contributed by atoms with Gasteiger partial charge in [-0.3, -0.25) is 9.36 Å². The molecule has 276 valence electrons. The Bertz CT molecular complexity index is 1710. The van der Waals surface area contributed by atoms with E-state index >= 15 is 0 Å². The van der Waals surface area contributed by atoms with Crippen molar-refractivity contribution in [1.82, 2.24) is 5.06 Å². The van der Waals surface area contributed by atoms with Gasteiger partial charge in [-0.1, -0.05) is 97.9 Å². The number of unbranched alkanes of at least 4 members (excludes halogenated alkanes) is 1. The minimum Gasteiger partial charge on any atom is -0.462 e.